The van der Waals surface area contributed by atoms with E-state index in [4.69, 9.17) is 21.1 Å². The highest BCUT2D eigenvalue weighted by molar-refractivity contribution is 7.99. The first-order valence-corrected chi connectivity index (χ1v) is 8.92. The van der Waals surface area contributed by atoms with E-state index in [-0.39, 0.29) is 18.5 Å². The molecule has 0 spiro atoms. The Morgan fingerprint density at radius 3 is 2.85 bits per heavy atom. The molecule has 132 valence electrons. The van der Waals surface area contributed by atoms with E-state index in [1.807, 2.05) is 0 Å². The molecule has 0 unspecified atom stereocenters. The van der Waals surface area contributed by atoms with Crippen molar-refractivity contribution in [3.05, 3.63) is 47.5 Å². The summed E-state index contributed by atoms with van der Waals surface area (Å²) in [6.07, 6.45) is 0. The van der Waals surface area contributed by atoms with E-state index in [9.17, 15) is 4.79 Å². The second-order valence-corrected chi connectivity index (χ2v) is 6.63. The summed E-state index contributed by atoms with van der Waals surface area (Å²) in [5.74, 6) is 1.25. The van der Waals surface area contributed by atoms with E-state index in [1.165, 1.54) is 11.8 Å². The number of thioether (sulfide) groups is 1. The molecule has 1 aromatic heterocycles. The monoisotopic (exact) mass is 389 g/mol. The Bertz CT molecular complexity index is 947. The van der Waals surface area contributed by atoms with Crippen molar-refractivity contribution >= 4 is 35.0 Å². The summed E-state index contributed by atoms with van der Waals surface area (Å²) in [4.78, 5) is 12.2. The number of carbonyl (C=O) groups is 1. The Labute approximate surface area is 157 Å². The van der Waals surface area contributed by atoms with Crippen molar-refractivity contribution in [2.45, 2.75) is 5.16 Å². The molecule has 0 saturated heterocycles. The lowest BCUT2D eigenvalue weighted by Crippen LogP contribution is -2.14. The average Bonchev–Trinajstić information content (AvgIpc) is 3.29. The number of carbonyl (C=O) groups excluding carboxylic acids is 1. The number of nitrogens with zero attached hydrogens (tertiary/aromatic N) is 4. The van der Waals surface area contributed by atoms with Crippen LogP contribution < -0.4 is 14.8 Å². The van der Waals surface area contributed by atoms with Gasteiger partial charge >= 0.3 is 0 Å². The van der Waals surface area contributed by atoms with Gasteiger partial charge in [0.25, 0.3) is 0 Å². The Kier molecular flexibility index (Phi) is 4.63. The van der Waals surface area contributed by atoms with Gasteiger partial charge in [-0.2, -0.15) is 4.68 Å². The zero-order chi connectivity index (χ0) is 17.9. The van der Waals surface area contributed by atoms with Crippen LogP contribution in [0.5, 0.6) is 11.5 Å². The maximum atomic E-state index is 12.2. The number of nitrogens with one attached hydrogen (secondary N) is 1. The van der Waals surface area contributed by atoms with Crippen LogP contribution in [0.25, 0.3) is 5.69 Å². The first-order chi connectivity index (χ1) is 12.7. The normalized spacial score (nSPS) is 12.2. The SMILES string of the molecule is O=C(CSc1nnnn1-c1ccc(Cl)cc1)Nc1ccc2c(c1)OCO2. The lowest BCUT2D eigenvalue weighted by Gasteiger charge is -2.06. The predicted octanol–water partition coefficient (Wildman–Crippen LogP) is 2.78. The van der Waals surface area contributed by atoms with Gasteiger partial charge < -0.3 is 14.8 Å². The minimum Gasteiger partial charge on any atom is -0.454 e. The molecule has 1 N–H and O–H groups in total. The largest absolute Gasteiger partial charge is 0.454 e. The number of hydrogen-bond acceptors (Lipinski definition) is 7. The van der Waals surface area contributed by atoms with E-state index >= 15 is 0 Å². The number of fused-ring (bicyclic) bond motifs is 1. The number of anilines is 1. The number of aromatic nitrogens is 4. The van der Waals surface area contributed by atoms with Gasteiger partial charge in [-0.15, -0.1) is 5.10 Å². The highest BCUT2D eigenvalue weighted by Crippen LogP contribution is 2.34. The fourth-order valence-corrected chi connectivity index (χ4v) is 3.13. The average molecular weight is 390 g/mol. The lowest BCUT2D eigenvalue weighted by molar-refractivity contribution is -0.113. The summed E-state index contributed by atoms with van der Waals surface area (Å²) in [5, 5.41) is 15.5. The number of ether oxygens (including phenoxy) is 2. The highest BCUT2D eigenvalue weighted by atomic mass is 35.5. The van der Waals surface area contributed by atoms with Crippen molar-refractivity contribution in [2.75, 3.05) is 17.9 Å². The molecule has 1 amide bonds. The number of amides is 1. The fourth-order valence-electron chi connectivity index (χ4n) is 2.31. The van der Waals surface area contributed by atoms with E-state index in [1.54, 1.807) is 47.1 Å². The molecular formula is C16H12ClN5O3S. The Balaban J connectivity index is 1.39. The van der Waals surface area contributed by atoms with Crippen molar-refractivity contribution in [1.29, 1.82) is 0 Å². The van der Waals surface area contributed by atoms with E-state index in [0.29, 0.717) is 27.4 Å². The lowest BCUT2D eigenvalue weighted by atomic mass is 10.3. The molecule has 0 atom stereocenters. The number of tetrazole rings is 1. The Hall–Kier alpha value is -2.78. The first kappa shape index (κ1) is 16.7. The van der Waals surface area contributed by atoms with Crippen LogP contribution in [-0.2, 0) is 4.79 Å². The maximum absolute atomic E-state index is 12.2. The van der Waals surface area contributed by atoms with Crippen molar-refractivity contribution in [3.8, 4) is 17.2 Å². The molecule has 0 radical (unpaired) electrons. The summed E-state index contributed by atoms with van der Waals surface area (Å²) in [6.45, 7) is 0.190. The van der Waals surface area contributed by atoms with E-state index in [0.717, 1.165) is 5.69 Å². The Morgan fingerprint density at radius 1 is 1.19 bits per heavy atom. The van der Waals surface area contributed by atoms with E-state index in [2.05, 4.69) is 20.8 Å². The molecule has 2 aromatic carbocycles. The summed E-state index contributed by atoms with van der Waals surface area (Å²) >= 11 is 7.12. The van der Waals surface area contributed by atoms with Crippen LogP contribution in [0.3, 0.4) is 0 Å². The van der Waals surface area contributed by atoms with Crippen molar-refractivity contribution in [1.82, 2.24) is 20.2 Å². The molecular weight excluding hydrogens is 378 g/mol. The van der Waals surface area contributed by atoms with Crippen LogP contribution in [-0.4, -0.2) is 38.7 Å². The van der Waals surface area contributed by atoms with E-state index < -0.39 is 0 Å². The van der Waals surface area contributed by atoms with Crippen LogP contribution >= 0.6 is 23.4 Å². The quantitative estimate of drug-likeness (QED) is 0.671. The van der Waals surface area contributed by atoms with Gasteiger partial charge in [0, 0.05) is 16.8 Å². The van der Waals surface area contributed by atoms with Gasteiger partial charge in [-0.3, -0.25) is 4.79 Å². The van der Waals surface area contributed by atoms with Crippen LogP contribution in [0, 0.1) is 0 Å². The van der Waals surface area contributed by atoms with Crippen molar-refractivity contribution in [2.24, 2.45) is 0 Å². The van der Waals surface area contributed by atoms with Crippen LogP contribution in [0.4, 0.5) is 5.69 Å². The third kappa shape index (κ3) is 3.58. The minimum absolute atomic E-state index is 0.155. The van der Waals surface area contributed by atoms with Gasteiger partial charge in [0.15, 0.2) is 11.5 Å². The maximum Gasteiger partial charge on any atom is 0.234 e. The van der Waals surface area contributed by atoms with Crippen LogP contribution in [0.1, 0.15) is 0 Å². The molecule has 1 aliphatic heterocycles. The molecule has 3 aromatic rings. The van der Waals surface area contributed by atoms with Crippen molar-refractivity contribution < 1.29 is 14.3 Å². The molecule has 8 nitrogen and oxygen atoms in total. The minimum atomic E-state index is -0.181. The first-order valence-electron chi connectivity index (χ1n) is 7.56. The summed E-state index contributed by atoms with van der Waals surface area (Å²) < 4.78 is 12.1. The standard InChI is InChI=1S/C16H12ClN5O3S/c17-10-1-4-12(5-2-10)22-16(19-20-21-22)26-8-15(23)18-11-3-6-13-14(7-11)25-9-24-13/h1-7H,8-9H2,(H,18,23). The van der Waals surface area contributed by atoms with Gasteiger partial charge in [0.05, 0.1) is 11.4 Å². The Morgan fingerprint density at radius 2 is 2.00 bits per heavy atom. The van der Waals surface area contributed by atoms with Gasteiger partial charge in [-0.05, 0) is 46.8 Å². The van der Waals surface area contributed by atoms with Gasteiger partial charge in [0.2, 0.25) is 17.9 Å². The molecule has 0 bridgehead atoms. The fraction of sp³-hybridized carbons (Fsp3) is 0.125. The van der Waals surface area contributed by atoms with Crippen LogP contribution in [0.2, 0.25) is 5.02 Å². The number of rotatable bonds is 5. The molecule has 10 heteroatoms. The molecule has 4 rings (SSSR count). The predicted molar refractivity (Wildman–Crippen MR) is 96.1 cm³/mol. The zero-order valence-corrected chi connectivity index (χ0v) is 14.8. The molecule has 0 fully saturated rings. The van der Waals surface area contributed by atoms with Gasteiger partial charge in [0.1, 0.15) is 0 Å². The summed E-state index contributed by atoms with van der Waals surface area (Å²) in [5.41, 5.74) is 1.40. The summed E-state index contributed by atoms with van der Waals surface area (Å²) in [7, 11) is 0. The third-order valence-corrected chi connectivity index (χ3v) is 4.67. The second-order valence-electron chi connectivity index (χ2n) is 5.25. The van der Waals surface area contributed by atoms with Gasteiger partial charge in [-0.1, -0.05) is 23.4 Å². The number of halogens is 1. The third-order valence-electron chi connectivity index (χ3n) is 3.50. The van der Waals surface area contributed by atoms with Gasteiger partial charge in [-0.25, -0.2) is 0 Å². The molecule has 0 saturated carbocycles. The van der Waals surface area contributed by atoms with Crippen molar-refractivity contribution in [3.63, 3.8) is 0 Å². The molecule has 0 aliphatic carbocycles. The zero-order valence-electron chi connectivity index (χ0n) is 13.3. The highest BCUT2D eigenvalue weighted by Gasteiger charge is 2.15. The molecule has 1 aliphatic rings. The van der Waals surface area contributed by atoms with Crippen LogP contribution in [0.15, 0.2) is 47.6 Å². The molecule has 26 heavy (non-hydrogen) atoms. The number of hydrogen-bond donors (Lipinski definition) is 1. The molecule has 2 heterocycles. The second kappa shape index (κ2) is 7.22. The summed E-state index contributed by atoms with van der Waals surface area (Å²) in [6, 6.07) is 12.3. The number of benzene rings is 2. The smallest absolute Gasteiger partial charge is 0.234 e. The topological polar surface area (TPSA) is 91.2 Å².